The highest BCUT2D eigenvalue weighted by Gasteiger charge is 2.44. The molecule has 2 heterocycles. The quantitative estimate of drug-likeness (QED) is 0.185. The number of nitrogens with one attached hydrogen (secondary N) is 1. The molecule has 5 rings (SSSR count). The first kappa shape index (κ1) is 34.0. The van der Waals surface area contributed by atoms with Gasteiger partial charge >= 0.3 is 0 Å². The maximum atomic E-state index is 11.7. The zero-order chi connectivity index (χ0) is 32.9. The normalized spacial score (nSPS) is 20.3. The van der Waals surface area contributed by atoms with Crippen molar-refractivity contribution < 1.29 is 9.37 Å². The fraction of sp³-hybridized carbons (Fsp3) is 0.463. The minimum absolute atomic E-state index is 0.0550. The number of hydrogen-bond donors (Lipinski definition) is 1. The number of carbonyl (C=O) groups is 1. The van der Waals surface area contributed by atoms with E-state index < -0.39 is 0 Å². The number of amides is 1. The van der Waals surface area contributed by atoms with E-state index in [1.807, 2.05) is 0 Å². The molecule has 2 aromatic rings. The van der Waals surface area contributed by atoms with Crippen LogP contribution in [0.1, 0.15) is 104 Å². The maximum absolute atomic E-state index is 11.7. The van der Waals surface area contributed by atoms with Gasteiger partial charge in [-0.15, -0.1) is 0 Å². The third-order valence-electron chi connectivity index (χ3n) is 10.2. The van der Waals surface area contributed by atoms with Gasteiger partial charge in [-0.3, -0.25) is 4.79 Å². The Morgan fingerprint density at radius 3 is 2.41 bits per heavy atom. The van der Waals surface area contributed by atoms with Crippen molar-refractivity contribution in [1.29, 1.82) is 0 Å². The Bertz CT molecular complexity index is 1600. The Morgan fingerprint density at radius 1 is 0.913 bits per heavy atom. The first-order valence-electron chi connectivity index (χ1n) is 17.4. The van der Waals surface area contributed by atoms with Gasteiger partial charge in [0.25, 0.3) is 0 Å². The van der Waals surface area contributed by atoms with Crippen molar-refractivity contribution in [1.82, 2.24) is 5.32 Å². The van der Waals surface area contributed by atoms with E-state index in [2.05, 4.69) is 122 Å². The summed E-state index contributed by atoms with van der Waals surface area (Å²) in [5, 5.41) is 3.64. The second-order valence-corrected chi connectivity index (χ2v) is 14.5. The van der Waals surface area contributed by atoms with E-state index >= 15 is 0 Å². The molecule has 0 radical (unpaired) electrons. The lowest BCUT2D eigenvalue weighted by molar-refractivity contribution is -0.438. The average Bonchev–Trinajstić information content (AvgIpc) is 3.40. The van der Waals surface area contributed by atoms with Crippen LogP contribution in [-0.2, 0) is 15.6 Å². The van der Waals surface area contributed by atoms with Crippen LogP contribution in [0.4, 0.5) is 11.4 Å². The number of allylic oxidation sites excluding steroid dienone is 8. The summed E-state index contributed by atoms with van der Waals surface area (Å²) in [6, 6.07) is 17.7. The molecule has 0 bridgehead atoms. The fourth-order valence-electron chi connectivity index (χ4n) is 7.50. The number of unbranched alkanes of at least 4 members (excludes halogenated alkanes) is 3. The third kappa shape index (κ3) is 6.83. The molecular weight excluding hydrogens is 586 g/mol. The lowest BCUT2D eigenvalue weighted by atomic mass is 9.81. The molecule has 46 heavy (non-hydrogen) atoms. The third-order valence-corrected chi connectivity index (χ3v) is 10.7. The highest BCUT2D eigenvalue weighted by Crippen LogP contribution is 2.48. The molecule has 0 saturated heterocycles. The topological polar surface area (TPSA) is 35.4 Å². The molecule has 1 aliphatic carbocycles. The Balaban J connectivity index is 1.42. The number of fused-ring (bicyclic) bond motifs is 2. The van der Waals surface area contributed by atoms with Crippen molar-refractivity contribution in [2.24, 2.45) is 0 Å². The van der Waals surface area contributed by atoms with Crippen LogP contribution < -0.4 is 10.2 Å². The number of benzene rings is 2. The minimum atomic E-state index is -0.106. The highest BCUT2D eigenvalue weighted by atomic mass is 35.5. The number of halogens is 1. The van der Waals surface area contributed by atoms with Crippen molar-refractivity contribution in [2.45, 2.75) is 103 Å². The van der Waals surface area contributed by atoms with Crippen LogP contribution in [0.25, 0.3) is 0 Å². The second kappa shape index (κ2) is 14.6. The van der Waals surface area contributed by atoms with Crippen molar-refractivity contribution >= 4 is 34.6 Å². The lowest BCUT2D eigenvalue weighted by Crippen LogP contribution is -2.28. The van der Waals surface area contributed by atoms with Crippen LogP contribution in [0.5, 0.6) is 0 Å². The van der Waals surface area contributed by atoms with Crippen molar-refractivity contribution in [3.05, 3.63) is 106 Å². The summed E-state index contributed by atoms with van der Waals surface area (Å²) in [5.41, 5.74) is 10.4. The summed E-state index contributed by atoms with van der Waals surface area (Å²) >= 11 is 7.21. The summed E-state index contributed by atoms with van der Waals surface area (Å²) < 4.78 is 2.49. The molecule has 5 heteroatoms. The zero-order valence-electron chi connectivity index (χ0n) is 28.9. The van der Waals surface area contributed by atoms with Gasteiger partial charge in [-0.25, -0.2) is 0 Å². The Morgan fingerprint density at radius 2 is 1.65 bits per heavy atom. The van der Waals surface area contributed by atoms with Crippen LogP contribution in [0.15, 0.2) is 94.7 Å². The molecule has 0 fully saturated rings. The predicted octanol–water partition coefficient (Wildman–Crippen LogP) is 10.0. The van der Waals surface area contributed by atoms with Crippen LogP contribution in [-0.4, -0.2) is 36.3 Å². The van der Waals surface area contributed by atoms with E-state index in [9.17, 15) is 4.79 Å². The molecule has 0 atom stereocenters. The molecule has 244 valence electrons. The number of hydrogen-bond acceptors (Lipinski definition) is 2. The maximum Gasteiger partial charge on any atom is 0.219 e. The van der Waals surface area contributed by atoms with Crippen LogP contribution in [0.2, 0.25) is 0 Å². The second-order valence-electron chi connectivity index (χ2n) is 14.1. The fourth-order valence-corrected chi connectivity index (χ4v) is 7.82. The van der Waals surface area contributed by atoms with Gasteiger partial charge < -0.3 is 10.2 Å². The molecule has 1 amide bonds. The number of para-hydroxylation sites is 2. The van der Waals surface area contributed by atoms with Gasteiger partial charge in [-0.2, -0.15) is 4.58 Å². The van der Waals surface area contributed by atoms with Crippen LogP contribution in [0, 0.1) is 0 Å². The standard InChI is InChI=1S/C41H52ClN3O/c1-7-8-28-44-34-21-13-11-19-32(34)40(2,3)36(44)26-24-30-17-16-18-31(39(30)42)25-27-37-41(4,5)33-20-12-14-22-35(33)45(37)29-15-9-10-23-38(46)43-6/h11-14,19-22,24-27H,7-10,15-18,23,28-29H2,1-6H3/p+1. The minimum Gasteiger partial charge on any atom is -0.359 e. The van der Waals surface area contributed by atoms with E-state index in [1.54, 1.807) is 7.05 Å². The molecule has 0 unspecified atom stereocenters. The molecule has 2 aliphatic heterocycles. The molecule has 2 aromatic carbocycles. The first-order valence-corrected chi connectivity index (χ1v) is 17.8. The summed E-state index contributed by atoms with van der Waals surface area (Å²) in [4.78, 5) is 14.2. The summed E-state index contributed by atoms with van der Waals surface area (Å²) in [7, 11) is 1.71. The van der Waals surface area contributed by atoms with Crippen molar-refractivity contribution in [3.8, 4) is 0 Å². The number of nitrogens with zero attached hydrogens (tertiary/aromatic N) is 2. The molecule has 3 aliphatic rings. The Hall–Kier alpha value is -3.37. The predicted molar refractivity (Wildman–Crippen MR) is 196 cm³/mol. The molecule has 4 nitrogen and oxygen atoms in total. The van der Waals surface area contributed by atoms with Gasteiger partial charge in [-0.05, 0) is 81.2 Å². The number of carbonyl (C=O) groups excluding carboxylic acids is 1. The first-order chi connectivity index (χ1) is 22.1. The molecule has 0 saturated carbocycles. The zero-order valence-corrected chi connectivity index (χ0v) is 29.6. The van der Waals surface area contributed by atoms with Crippen LogP contribution in [0.3, 0.4) is 0 Å². The summed E-state index contributed by atoms with van der Waals surface area (Å²) in [6.45, 7) is 13.6. The van der Waals surface area contributed by atoms with Gasteiger partial charge in [-0.1, -0.05) is 87.3 Å². The van der Waals surface area contributed by atoms with Gasteiger partial charge in [0.05, 0.1) is 5.41 Å². The van der Waals surface area contributed by atoms with Crippen molar-refractivity contribution in [3.63, 3.8) is 0 Å². The average molecular weight is 639 g/mol. The van der Waals surface area contributed by atoms with E-state index in [4.69, 9.17) is 11.6 Å². The molecule has 0 spiro atoms. The lowest BCUT2D eigenvalue weighted by Gasteiger charge is -2.27. The van der Waals surface area contributed by atoms with E-state index in [-0.39, 0.29) is 16.7 Å². The summed E-state index contributed by atoms with van der Waals surface area (Å²) in [6.07, 6.45) is 18.3. The number of anilines is 1. The van der Waals surface area contributed by atoms with Crippen LogP contribution >= 0.6 is 11.6 Å². The summed E-state index contributed by atoms with van der Waals surface area (Å²) in [5.74, 6) is 0.121. The van der Waals surface area contributed by atoms with Gasteiger partial charge in [0, 0.05) is 66.0 Å². The smallest absolute Gasteiger partial charge is 0.219 e. The highest BCUT2D eigenvalue weighted by molar-refractivity contribution is 6.32. The van der Waals surface area contributed by atoms with E-state index in [1.165, 1.54) is 57.9 Å². The van der Waals surface area contributed by atoms with Gasteiger partial charge in [0.1, 0.15) is 6.54 Å². The largest absolute Gasteiger partial charge is 0.359 e. The van der Waals surface area contributed by atoms with E-state index in [0.717, 1.165) is 56.6 Å². The van der Waals surface area contributed by atoms with E-state index in [0.29, 0.717) is 6.42 Å². The van der Waals surface area contributed by atoms with Gasteiger partial charge in [0.2, 0.25) is 11.6 Å². The monoisotopic (exact) mass is 638 g/mol. The Kier molecular flexibility index (Phi) is 10.8. The molecular formula is C41H53ClN3O+. The molecule has 0 aromatic heterocycles. The van der Waals surface area contributed by atoms with Crippen molar-refractivity contribution in [2.75, 3.05) is 25.0 Å². The van der Waals surface area contributed by atoms with Gasteiger partial charge in [0.15, 0.2) is 5.71 Å². The number of rotatable bonds is 12. The molecule has 1 N–H and O–H groups in total. The SMILES string of the molecule is CCCCN1C(=CC=C2CCCC(C=CC3=[N+](CCCCCC(=O)NC)c4ccccc4C3(C)C)=C2Cl)C(C)(C)c2ccccc21. The Labute approximate surface area is 282 Å².